The molecule has 0 saturated carbocycles. The molecule has 0 bridgehead atoms. The molecule has 3 atom stereocenters. The largest absolute Gasteiger partial charge is 0.362 e. The van der Waals surface area contributed by atoms with Gasteiger partial charge in [0.15, 0.2) is 11.5 Å². The zero-order valence-corrected chi connectivity index (χ0v) is 21.8. The molecule has 1 aromatic heterocycles. The normalized spacial score (nSPS) is 30.4. The second kappa shape index (κ2) is 10.3. The van der Waals surface area contributed by atoms with Crippen LogP contribution >= 0.6 is 0 Å². The van der Waals surface area contributed by atoms with Crippen molar-refractivity contribution in [1.82, 2.24) is 20.1 Å². The predicted octanol–water partition coefficient (Wildman–Crippen LogP) is 3.42. The van der Waals surface area contributed by atoms with E-state index in [-0.39, 0.29) is 12.3 Å². The van der Waals surface area contributed by atoms with Crippen LogP contribution in [0.4, 0.5) is 0 Å². The molecule has 3 saturated heterocycles. The van der Waals surface area contributed by atoms with E-state index in [1.54, 1.807) is 0 Å². The summed E-state index contributed by atoms with van der Waals surface area (Å²) in [5.74, 6) is -0.0101. The molecule has 0 radical (unpaired) electrons. The smallest absolute Gasteiger partial charge is 0.172 e. The first-order chi connectivity index (χ1) is 18.0. The maximum Gasteiger partial charge on any atom is 0.172 e. The van der Waals surface area contributed by atoms with Crippen molar-refractivity contribution < 1.29 is 18.9 Å². The number of likely N-dealkylation sites (tertiary alicyclic amines) is 1. The molecule has 198 valence electrons. The molecule has 2 aromatic rings. The van der Waals surface area contributed by atoms with Crippen LogP contribution in [0.25, 0.3) is 5.70 Å². The molecule has 0 spiro atoms. The van der Waals surface area contributed by atoms with E-state index in [1.807, 2.05) is 32.2 Å². The summed E-state index contributed by atoms with van der Waals surface area (Å²) in [5.41, 5.74) is 2.66. The van der Waals surface area contributed by atoms with Gasteiger partial charge in [0.05, 0.1) is 30.7 Å². The zero-order valence-electron chi connectivity index (χ0n) is 21.8. The highest BCUT2D eigenvalue weighted by Crippen LogP contribution is 2.38. The van der Waals surface area contributed by atoms with E-state index in [2.05, 4.69) is 62.7 Å². The van der Waals surface area contributed by atoms with Crippen LogP contribution in [0.15, 0.2) is 60.9 Å². The number of hydrogen-bond acceptors (Lipinski definition) is 8. The third kappa shape index (κ3) is 5.40. The fourth-order valence-electron chi connectivity index (χ4n) is 6.11. The van der Waals surface area contributed by atoms with E-state index in [9.17, 15) is 0 Å². The van der Waals surface area contributed by atoms with Gasteiger partial charge in [-0.1, -0.05) is 36.4 Å². The Hall–Kier alpha value is -2.49. The minimum absolute atomic E-state index is 0.106. The Morgan fingerprint density at radius 3 is 2.51 bits per heavy atom. The molecule has 37 heavy (non-hydrogen) atoms. The Morgan fingerprint density at radius 1 is 1.03 bits per heavy atom. The van der Waals surface area contributed by atoms with Crippen LogP contribution in [-0.4, -0.2) is 78.2 Å². The van der Waals surface area contributed by atoms with E-state index in [1.165, 1.54) is 5.56 Å². The van der Waals surface area contributed by atoms with Crippen LogP contribution in [0.5, 0.6) is 0 Å². The quantitative estimate of drug-likeness (QED) is 0.613. The second-order valence-corrected chi connectivity index (χ2v) is 11.1. The van der Waals surface area contributed by atoms with Crippen molar-refractivity contribution in [3.8, 4) is 0 Å². The number of rotatable bonds is 7. The van der Waals surface area contributed by atoms with Crippen molar-refractivity contribution in [2.75, 3.05) is 39.6 Å². The zero-order chi connectivity index (χ0) is 25.3. The van der Waals surface area contributed by atoms with Gasteiger partial charge in [-0.05, 0) is 57.5 Å². The van der Waals surface area contributed by atoms with Gasteiger partial charge >= 0.3 is 0 Å². The fraction of sp³-hybridized carbons (Fsp3) is 0.552. The number of piperidine rings is 1. The van der Waals surface area contributed by atoms with Crippen molar-refractivity contribution in [2.45, 2.75) is 56.9 Å². The van der Waals surface area contributed by atoms with Crippen LogP contribution in [0.1, 0.15) is 37.9 Å². The van der Waals surface area contributed by atoms with Gasteiger partial charge in [0.1, 0.15) is 13.0 Å². The molecule has 6 rings (SSSR count). The Bertz CT molecular complexity index is 1070. The van der Waals surface area contributed by atoms with Gasteiger partial charge in [0, 0.05) is 31.3 Å². The standard InChI is InChI=1S/C29H38N4O4/c1-28(2)35-19-24(37-28)17-32-14-11-23(12-15-32)27-31-26(25-10-6-7-13-30-25)18-33(27)29(20-34-21-36-29)16-22-8-4-3-5-9-22/h3-10,13,18,23-24,27,31H,11-12,14-17,19-21H2,1-2H3. The summed E-state index contributed by atoms with van der Waals surface area (Å²) >= 11 is 0. The Morgan fingerprint density at radius 2 is 1.84 bits per heavy atom. The van der Waals surface area contributed by atoms with Gasteiger partial charge in [0.25, 0.3) is 0 Å². The van der Waals surface area contributed by atoms with Gasteiger partial charge in [-0.25, -0.2) is 0 Å². The number of nitrogens with zero attached hydrogens (tertiary/aromatic N) is 3. The highest BCUT2D eigenvalue weighted by molar-refractivity contribution is 5.62. The molecule has 4 aliphatic heterocycles. The first kappa shape index (κ1) is 24.8. The SMILES string of the molecule is CC1(C)OCC(CN2CCC(C3NC(c4ccccn4)=CN3C3(Cc4ccccc4)COCO3)CC2)O1. The van der Waals surface area contributed by atoms with E-state index in [4.69, 9.17) is 18.9 Å². The van der Waals surface area contributed by atoms with Crippen LogP contribution < -0.4 is 5.32 Å². The van der Waals surface area contributed by atoms with Gasteiger partial charge in [0.2, 0.25) is 0 Å². The number of nitrogens with one attached hydrogen (secondary N) is 1. The van der Waals surface area contributed by atoms with Crippen LogP contribution in [-0.2, 0) is 25.4 Å². The first-order valence-corrected chi connectivity index (χ1v) is 13.5. The third-order valence-electron chi connectivity index (χ3n) is 7.95. The van der Waals surface area contributed by atoms with Crippen molar-refractivity contribution >= 4 is 5.70 Å². The van der Waals surface area contributed by atoms with Gasteiger partial charge < -0.3 is 34.1 Å². The van der Waals surface area contributed by atoms with Gasteiger partial charge in [-0.2, -0.15) is 0 Å². The molecule has 3 unspecified atom stereocenters. The molecule has 1 N–H and O–H groups in total. The number of ether oxygens (including phenoxy) is 4. The van der Waals surface area contributed by atoms with E-state index in [0.29, 0.717) is 25.9 Å². The van der Waals surface area contributed by atoms with E-state index < -0.39 is 11.5 Å². The molecule has 8 nitrogen and oxygen atoms in total. The maximum atomic E-state index is 6.42. The summed E-state index contributed by atoms with van der Waals surface area (Å²) in [5, 5.41) is 3.84. The lowest BCUT2D eigenvalue weighted by Crippen LogP contribution is -2.58. The fourth-order valence-corrected chi connectivity index (χ4v) is 6.11. The highest BCUT2D eigenvalue weighted by Gasteiger charge is 2.49. The molecular weight excluding hydrogens is 468 g/mol. The Kier molecular flexibility index (Phi) is 6.94. The summed E-state index contributed by atoms with van der Waals surface area (Å²) in [6, 6.07) is 16.6. The van der Waals surface area contributed by atoms with E-state index >= 15 is 0 Å². The van der Waals surface area contributed by atoms with Crippen LogP contribution in [0.2, 0.25) is 0 Å². The number of aromatic nitrogens is 1. The van der Waals surface area contributed by atoms with Crippen LogP contribution in [0, 0.1) is 5.92 Å². The molecule has 1 aromatic carbocycles. The lowest BCUT2D eigenvalue weighted by Gasteiger charge is -2.45. The number of hydrogen-bond donors (Lipinski definition) is 1. The second-order valence-electron chi connectivity index (χ2n) is 11.1. The molecule has 8 heteroatoms. The average Bonchev–Trinajstić information content (AvgIpc) is 3.65. The molecule has 3 fully saturated rings. The predicted molar refractivity (Wildman–Crippen MR) is 140 cm³/mol. The molecule has 5 heterocycles. The molecule has 0 aliphatic carbocycles. The average molecular weight is 507 g/mol. The summed E-state index contributed by atoms with van der Waals surface area (Å²) in [7, 11) is 0. The summed E-state index contributed by atoms with van der Waals surface area (Å²) < 4.78 is 24.1. The van der Waals surface area contributed by atoms with Crippen molar-refractivity contribution in [1.29, 1.82) is 0 Å². The van der Waals surface area contributed by atoms with Crippen LogP contribution in [0.3, 0.4) is 0 Å². The topological polar surface area (TPSA) is 68.3 Å². The van der Waals surface area contributed by atoms with Crippen molar-refractivity contribution in [2.24, 2.45) is 5.92 Å². The maximum absolute atomic E-state index is 6.42. The first-order valence-electron chi connectivity index (χ1n) is 13.5. The minimum Gasteiger partial charge on any atom is -0.362 e. The Labute approximate surface area is 219 Å². The molecular formula is C29H38N4O4. The minimum atomic E-state index is -0.562. The lowest BCUT2D eigenvalue weighted by atomic mass is 9.91. The lowest BCUT2D eigenvalue weighted by molar-refractivity contribution is -0.141. The summed E-state index contributed by atoms with van der Waals surface area (Å²) in [6.45, 7) is 8.49. The highest BCUT2D eigenvalue weighted by atomic mass is 16.7. The summed E-state index contributed by atoms with van der Waals surface area (Å²) in [6.07, 6.45) is 7.25. The number of benzene rings is 1. The number of pyridine rings is 1. The Balaban J connectivity index is 1.20. The summed E-state index contributed by atoms with van der Waals surface area (Å²) in [4.78, 5) is 9.54. The molecule has 4 aliphatic rings. The van der Waals surface area contributed by atoms with Gasteiger partial charge in [-0.3, -0.25) is 4.98 Å². The van der Waals surface area contributed by atoms with E-state index in [0.717, 1.165) is 50.3 Å². The van der Waals surface area contributed by atoms with Crippen molar-refractivity contribution in [3.05, 3.63) is 72.2 Å². The molecule has 0 amide bonds. The monoisotopic (exact) mass is 506 g/mol. The van der Waals surface area contributed by atoms with Crippen molar-refractivity contribution in [3.63, 3.8) is 0 Å². The van der Waals surface area contributed by atoms with Gasteiger partial charge in [-0.15, -0.1) is 0 Å². The third-order valence-corrected chi connectivity index (χ3v) is 7.95.